The molecule has 3 aromatic heterocycles. The fourth-order valence-electron chi connectivity index (χ4n) is 8.56. The molecule has 0 saturated heterocycles. The van der Waals surface area contributed by atoms with Gasteiger partial charge in [0.15, 0.2) is 0 Å². The third kappa shape index (κ3) is 4.47. The van der Waals surface area contributed by atoms with Crippen molar-refractivity contribution in [1.82, 2.24) is 13.7 Å². The van der Waals surface area contributed by atoms with Crippen molar-refractivity contribution in [2.45, 2.75) is 0 Å². The van der Waals surface area contributed by atoms with Gasteiger partial charge in [-0.3, -0.25) is 0 Å². The summed E-state index contributed by atoms with van der Waals surface area (Å²) < 4.78 is 7.47. The second kappa shape index (κ2) is 11.7. The Kier molecular flexibility index (Phi) is 6.55. The zero-order valence-electron chi connectivity index (χ0n) is 28.9. The van der Waals surface area contributed by atoms with Crippen LogP contribution in [0.15, 0.2) is 200 Å². The lowest BCUT2D eigenvalue weighted by Crippen LogP contribution is -1.98. The number of benzene rings is 8. The minimum absolute atomic E-state index is 1.13. The molecular weight excluding hydrogens is 643 g/mol. The van der Waals surface area contributed by atoms with E-state index in [2.05, 4.69) is 214 Å². The molecule has 0 unspecified atom stereocenters. The third-order valence-electron chi connectivity index (χ3n) is 10.8. The van der Waals surface area contributed by atoms with Gasteiger partial charge in [-0.25, -0.2) is 0 Å². The largest absolute Gasteiger partial charge is 0.308 e. The van der Waals surface area contributed by atoms with Gasteiger partial charge < -0.3 is 13.7 Å². The van der Waals surface area contributed by atoms with E-state index in [1.165, 1.54) is 76.9 Å². The molecule has 8 aromatic carbocycles. The van der Waals surface area contributed by atoms with Crippen molar-refractivity contribution in [3.8, 4) is 39.3 Å². The summed E-state index contributed by atoms with van der Waals surface area (Å²) in [5, 5.41) is 4.92. The van der Waals surface area contributed by atoms with Crippen LogP contribution in [0.3, 0.4) is 0 Å². The molecule has 0 aliphatic rings. The van der Waals surface area contributed by atoms with E-state index in [0.717, 1.165) is 17.1 Å². The molecule has 11 rings (SSSR count). The van der Waals surface area contributed by atoms with Crippen molar-refractivity contribution < 1.29 is 0 Å². The molecule has 0 spiro atoms. The first-order valence-corrected chi connectivity index (χ1v) is 18.2. The number of fused-ring (bicyclic) bond motifs is 9. The lowest BCUT2D eigenvalue weighted by molar-refractivity contribution is 1.17. The van der Waals surface area contributed by atoms with Crippen LogP contribution < -0.4 is 0 Å². The molecule has 0 aliphatic heterocycles. The minimum atomic E-state index is 1.13. The second-order valence-corrected chi connectivity index (χ2v) is 13.8. The standard InChI is InChI=1S/C50H33N3/c1-5-17-34(18-6-1)36-31-37(35-19-7-2-8-20-35)33-40(32-36)53-44-27-15-13-25-41(44)42-29-30-46-47(48(42)53)50-49(52(46)39-23-11-4-12-24-39)43-26-14-16-28-45(43)51(50)38-21-9-3-10-22-38/h1-33H. The summed E-state index contributed by atoms with van der Waals surface area (Å²) in [5.41, 5.74) is 15.3. The third-order valence-corrected chi connectivity index (χ3v) is 10.8. The summed E-state index contributed by atoms with van der Waals surface area (Å²) in [6.07, 6.45) is 0. The van der Waals surface area contributed by atoms with Crippen molar-refractivity contribution in [3.05, 3.63) is 200 Å². The summed E-state index contributed by atoms with van der Waals surface area (Å²) in [4.78, 5) is 0. The van der Waals surface area contributed by atoms with Crippen LogP contribution in [-0.2, 0) is 0 Å². The molecule has 3 heterocycles. The van der Waals surface area contributed by atoms with Gasteiger partial charge in [0.25, 0.3) is 0 Å². The second-order valence-electron chi connectivity index (χ2n) is 13.8. The van der Waals surface area contributed by atoms with Crippen molar-refractivity contribution in [3.63, 3.8) is 0 Å². The fourth-order valence-corrected chi connectivity index (χ4v) is 8.56. The highest BCUT2D eigenvalue weighted by molar-refractivity contribution is 6.29. The predicted molar refractivity (Wildman–Crippen MR) is 223 cm³/mol. The molecule has 0 bridgehead atoms. The van der Waals surface area contributed by atoms with E-state index in [1.807, 2.05) is 0 Å². The molecule has 0 N–H and O–H groups in total. The summed E-state index contributed by atoms with van der Waals surface area (Å²) in [5.74, 6) is 0. The molecular formula is C50H33N3. The van der Waals surface area contributed by atoms with Crippen LogP contribution in [0.1, 0.15) is 0 Å². The zero-order chi connectivity index (χ0) is 34.9. The topological polar surface area (TPSA) is 14.8 Å². The van der Waals surface area contributed by atoms with Gasteiger partial charge in [-0.15, -0.1) is 0 Å². The number of hydrogen-bond donors (Lipinski definition) is 0. The van der Waals surface area contributed by atoms with Gasteiger partial charge in [-0.2, -0.15) is 0 Å². The Bertz CT molecular complexity index is 3040. The number of para-hydroxylation sites is 4. The van der Waals surface area contributed by atoms with Crippen molar-refractivity contribution >= 4 is 54.6 Å². The van der Waals surface area contributed by atoms with Crippen molar-refractivity contribution in [2.24, 2.45) is 0 Å². The maximum atomic E-state index is 2.52. The van der Waals surface area contributed by atoms with E-state index in [0.29, 0.717) is 0 Å². The minimum Gasteiger partial charge on any atom is -0.308 e. The summed E-state index contributed by atoms with van der Waals surface area (Å²) in [6.45, 7) is 0. The first-order valence-electron chi connectivity index (χ1n) is 18.2. The van der Waals surface area contributed by atoms with E-state index in [1.54, 1.807) is 0 Å². The molecule has 3 nitrogen and oxygen atoms in total. The fraction of sp³-hybridized carbons (Fsp3) is 0. The van der Waals surface area contributed by atoms with Gasteiger partial charge in [0.1, 0.15) is 0 Å². The molecule has 248 valence electrons. The predicted octanol–water partition coefficient (Wildman–Crippen LogP) is 13.2. The number of aromatic nitrogens is 3. The quantitative estimate of drug-likeness (QED) is 0.172. The Morgan fingerprint density at radius 1 is 0.245 bits per heavy atom. The Morgan fingerprint density at radius 2 is 0.698 bits per heavy atom. The highest BCUT2D eigenvalue weighted by Crippen LogP contribution is 2.46. The van der Waals surface area contributed by atoms with Gasteiger partial charge in [0.05, 0.1) is 33.1 Å². The van der Waals surface area contributed by atoms with Crippen molar-refractivity contribution in [1.29, 1.82) is 0 Å². The monoisotopic (exact) mass is 675 g/mol. The first kappa shape index (κ1) is 29.6. The highest BCUT2D eigenvalue weighted by Gasteiger charge is 2.26. The Hall–Kier alpha value is -7.10. The summed E-state index contributed by atoms with van der Waals surface area (Å²) in [6, 6.07) is 72.6. The Morgan fingerprint density at radius 3 is 1.28 bits per heavy atom. The van der Waals surface area contributed by atoms with E-state index >= 15 is 0 Å². The van der Waals surface area contributed by atoms with Crippen LogP contribution >= 0.6 is 0 Å². The van der Waals surface area contributed by atoms with Gasteiger partial charge in [0.2, 0.25) is 0 Å². The van der Waals surface area contributed by atoms with Gasteiger partial charge >= 0.3 is 0 Å². The molecule has 0 fully saturated rings. The average Bonchev–Trinajstić information content (AvgIpc) is 3.87. The maximum Gasteiger partial charge on any atom is 0.0825 e. The van der Waals surface area contributed by atoms with Crippen LogP contribution in [0, 0.1) is 0 Å². The van der Waals surface area contributed by atoms with Crippen molar-refractivity contribution in [2.75, 3.05) is 0 Å². The molecule has 0 amide bonds. The molecule has 0 aliphatic carbocycles. The van der Waals surface area contributed by atoms with Crippen LogP contribution in [0.5, 0.6) is 0 Å². The lowest BCUT2D eigenvalue weighted by atomic mass is 9.98. The Balaban J connectivity index is 1.37. The van der Waals surface area contributed by atoms with Gasteiger partial charge in [0, 0.05) is 38.6 Å². The van der Waals surface area contributed by atoms with E-state index < -0.39 is 0 Å². The first-order chi connectivity index (χ1) is 26.3. The number of rotatable bonds is 5. The zero-order valence-corrected chi connectivity index (χ0v) is 28.9. The van der Waals surface area contributed by atoms with Gasteiger partial charge in [-0.05, 0) is 82.9 Å². The molecule has 0 radical (unpaired) electrons. The molecule has 53 heavy (non-hydrogen) atoms. The lowest BCUT2D eigenvalue weighted by Gasteiger charge is -2.15. The van der Waals surface area contributed by atoms with Crippen LogP contribution in [-0.4, -0.2) is 13.7 Å². The molecule has 0 atom stereocenters. The smallest absolute Gasteiger partial charge is 0.0825 e. The van der Waals surface area contributed by atoms with Crippen LogP contribution in [0.25, 0.3) is 94.0 Å². The van der Waals surface area contributed by atoms with Crippen LogP contribution in [0.2, 0.25) is 0 Å². The molecule has 11 aromatic rings. The van der Waals surface area contributed by atoms with Gasteiger partial charge in [-0.1, -0.05) is 140 Å². The number of hydrogen-bond acceptors (Lipinski definition) is 0. The maximum absolute atomic E-state index is 2.52. The molecule has 3 heteroatoms. The Labute approximate surface area is 306 Å². The van der Waals surface area contributed by atoms with E-state index in [9.17, 15) is 0 Å². The number of nitrogens with zero attached hydrogens (tertiary/aromatic N) is 3. The SMILES string of the molecule is c1ccc(-c2cc(-c3ccccc3)cc(-n3c4ccccc4c4ccc5c(c43)c3c(c4ccccc4n3-c3ccccc3)n5-c3ccccc3)c2)cc1. The summed E-state index contributed by atoms with van der Waals surface area (Å²) in [7, 11) is 0. The average molecular weight is 676 g/mol. The van der Waals surface area contributed by atoms with E-state index in [-0.39, 0.29) is 0 Å². The highest BCUT2D eigenvalue weighted by atomic mass is 15.1. The van der Waals surface area contributed by atoms with E-state index in [4.69, 9.17) is 0 Å². The normalized spacial score (nSPS) is 11.8. The van der Waals surface area contributed by atoms with Crippen LogP contribution in [0.4, 0.5) is 0 Å². The molecule has 0 saturated carbocycles. The summed E-state index contributed by atoms with van der Waals surface area (Å²) >= 11 is 0.